The maximum absolute atomic E-state index is 5.92. The maximum atomic E-state index is 5.92. The molecular formula is C17H28N8O. The molecule has 0 amide bonds. The number of ether oxygens (including phenoxy) is 1. The Balaban J connectivity index is 1.63. The first kappa shape index (κ1) is 18.2. The van der Waals surface area contributed by atoms with Crippen molar-refractivity contribution < 1.29 is 4.74 Å². The molecule has 0 spiro atoms. The van der Waals surface area contributed by atoms with Crippen molar-refractivity contribution in [3.05, 3.63) is 29.8 Å². The number of hydrogen-bond donors (Lipinski definition) is 1. The lowest BCUT2D eigenvalue weighted by molar-refractivity contribution is -0.00806. The molecule has 1 N–H and O–H groups in total. The highest BCUT2D eigenvalue weighted by atomic mass is 16.5. The van der Waals surface area contributed by atoms with Crippen LogP contribution >= 0.6 is 0 Å². The first-order valence-electron chi connectivity index (χ1n) is 8.73. The van der Waals surface area contributed by atoms with E-state index >= 15 is 0 Å². The van der Waals surface area contributed by atoms with Crippen LogP contribution in [0, 0.1) is 0 Å². The summed E-state index contributed by atoms with van der Waals surface area (Å²) in [5.41, 5.74) is 2.20. The lowest BCUT2D eigenvalue weighted by Gasteiger charge is -2.34. The number of aliphatic imine (C=N–C) groups is 1. The Morgan fingerprint density at radius 2 is 2.19 bits per heavy atom. The Morgan fingerprint density at radius 3 is 2.81 bits per heavy atom. The normalized spacial score (nSPS) is 18.3. The summed E-state index contributed by atoms with van der Waals surface area (Å²) in [5, 5.41) is 7.69. The molecule has 0 aliphatic carbocycles. The summed E-state index contributed by atoms with van der Waals surface area (Å²) in [6.07, 6.45) is 5.77. The molecule has 0 saturated carbocycles. The summed E-state index contributed by atoms with van der Waals surface area (Å²) in [6.45, 7) is 2.89. The monoisotopic (exact) mass is 360 g/mol. The molecule has 3 heterocycles. The van der Waals surface area contributed by atoms with E-state index in [9.17, 15) is 0 Å². The topological polar surface area (TPSA) is 75.7 Å². The van der Waals surface area contributed by atoms with Crippen LogP contribution in [-0.4, -0.2) is 71.0 Å². The lowest BCUT2D eigenvalue weighted by Crippen LogP contribution is -2.48. The SMILES string of the molecule is CN=C(NCc1cnc(N(C)C)n1C)N1CCOC(c2cnn(C)c2)C1. The van der Waals surface area contributed by atoms with Crippen LogP contribution in [0.4, 0.5) is 5.95 Å². The lowest BCUT2D eigenvalue weighted by atomic mass is 10.1. The van der Waals surface area contributed by atoms with E-state index in [4.69, 9.17) is 4.74 Å². The van der Waals surface area contributed by atoms with Crippen LogP contribution in [0.25, 0.3) is 0 Å². The summed E-state index contributed by atoms with van der Waals surface area (Å²) in [4.78, 5) is 13.1. The van der Waals surface area contributed by atoms with E-state index in [-0.39, 0.29) is 6.10 Å². The molecule has 142 valence electrons. The first-order valence-corrected chi connectivity index (χ1v) is 8.73. The number of nitrogens with one attached hydrogen (secondary N) is 1. The molecule has 3 rings (SSSR count). The fraction of sp³-hybridized carbons (Fsp3) is 0.588. The van der Waals surface area contributed by atoms with Crippen molar-refractivity contribution in [1.29, 1.82) is 0 Å². The molecule has 1 aliphatic rings. The number of hydrogen-bond acceptors (Lipinski definition) is 5. The molecule has 0 radical (unpaired) electrons. The third kappa shape index (κ3) is 3.82. The number of guanidine groups is 1. The molecule has 0 aromatic carbocycles. The summed E-state index contributed by atoms with van der Waals surface area (Å²) >= 11 is 0. The van der Waals surface area contributed by atoms with Gasteiger partial charge in [0, 0.05) is 53.5 Å². The van der Waals surface area contributed by atoms with Gasteiger partial charge in [-0.05, 0) is 0 Å². The highest BCUT2D eigenvalue weighted by Crippen LogP contribution is 2.21. The van der Waals surface area contributed by atoms with E-state index in [2.05, 4.69) is 29.9 Å². The highest BCUT2D eigenvalue weighted by molar-refractivity contribution is 5.80. The number of aromatic nitrogens is 4. The second-order valence-electron chi connectivity index (χ2n) is 6.66. The van der Waals surface area contributed by atoms with Gasteiger partial charge in [0.2, 0.25) is 5.95 Å². The van der Waals surface area contributed by atoms with E-state index in [1.165, 1.54) is 0 Å². The average Bonchev–Trinajstić information content (AvgIpc) is 3.22. The van der Waals surface area contributed by atoms with Gasteiger partial charge in [0.25, 0.3) is 0 Å². The maximum Gasteiger partial charge on any atom is 0.204 e. The third-order valence-corrected chi connectivity index (χ3v) is 4.56. The Labute approximate surface area is 154 Å². The van der Waals surface area contributed by atoms with Gasteiger partial charge in [-0.2, -0.15) is 5.10 Å². The predicted octanol–water partition coefficient (Wildman–Crippen LogP) is 0.369. The molecule has 2 aromatic heterocycles. The minimum absolute atomic E-state index is 0.00745. The second-order valence-corrected chi connectivity index (χ2v) is 6.66. The molecule has 26 heavy (non-hydrogen) atoms. The van der Waals surface area contributed by atoms with E-state index in [0.717, 1.165) is 36.3 Å². The van der Waals surface area contributed by atoms with Gasteiger partial charge in [-0.1, -0.05) is 0 Å². The van der Waals surface area contributed by atoms with Gasteiger partial charge < -0.3 is 24.4 Å². The molecule has 1 atom stereocenters. The van der Waals surface area contributed by atoms with Crippen LogP contribution in [0.2, 0.25) is 0 Å². The largest absolute Gasteiger partial charge is 0.370 e. The number of morpholine rings is 1. The van der Waals surface area contributed by atoms with Crippen LogP contribution in [0.3, 0.4) is 0 Å². The molecule has 1 fully saturated rings. The molecule has 1 aliphatic heterocycles. The molecule has 9 heteroatoms. The second kappa shape index (κ2) is 7.77. The minimum Gasteiger partial charge on any atom is -0.370 e. The number of imidazole rings is 1. The summed E-state index contributed by atoms with van der Waals surface area (Å²) in [5.74, 6) is 1.80. The van der Waals surface area contributed by atoms with Crippen molar-refractivity contribution in [3.63, 3.8) is 0 Å². The van der Waals surface area contributed by atoms with E-state index in [1.807, 2.05) is 58.7 Å². The zero-order chi connectivity index (χ0) is 18.7. The van der Waals surface area contributed by atoms with Crippen molar-refractivity contribution in [2.75, 3.05) is 45.7 Å². The molecule has 0 bridgehead atoms. The molecule has 1 unspecified atom stereocenters. The van der Waals surface area contributed by atoms with Gasteiger partial charge >= 0.3 is 0 Å². The Kier molecular flexibility index (Phi) is 5.46. The summed E-state index contributed by atoms with van der Waals surface area (Å²) in [7, 11) is 9.73. The van der Waals surface area contributed by atoms with Crippen molar-refractivity contribution in [1.82, 2.24) is 29.5 Å². The number of aryl methyl sites for hydroxylation is 1. The summed E-state index contributed by atoms with van der Waals surface area (Å²) in [6, 6.07) is 0. The average molecular weight is 360 g/mol. The number of rotatable bonds is 4. The van der Waals surface area contributed by atoms with Gasteiger partial charge in [-0.3, -0.25) is 9.67 Å². The standard InChI is InChI=1S/C17H28N8O/c1-18-16(19-9-14-10-20-17(22(2)3)24(14)5)25-6-7-26-15(12-25)13-8-21-23(4)11-13/h8,10-11,15H,6-7,9,12H2,1-5H3,(H,18,19). The molecule has 9 nitrogen and oxygen atoms in total. The third-order valence-electron chi connectivity index (χ3n) is 4.56. The molecular weight excluding hydrogens is 332 g/mol. The van der Waals surface area contributed by atoms with Gasteiger partial charge in [-0.25, -0.2) is 4.98 Å². The van der Waals surface area contributed by atoms with Crippen molar-refractivity contribution >= 4 is 11.9 Å². The van der Waals surface area contributed by atoms with Crippen LogP contribution in [0.15, 0.2) is 23.6 Å². The van der Waals surface area contributed by atoms with Crippen LogP contribution < -0.4 is 10.2 Å². The van der Waals surface area contributed by atoms with E-state index < -0.39 is 0 Å². The smallest absolute Gasteiger partial charge is 0.204 e. The van der Waals surface area contributed by atoms with Gasteiger partial charge in [-0.15, -0.1) is 0 Å². The van der Waals surface area contributed by atoms with Crippen molar-refractivity contribution in [2.45, 2.75) is 12.6 Å². The van der Waals surface area contributed by atoms with Gasteiger partial charge in [0.15, 0.2) is 5.96 Å². The zero-order valence-electron chi connectivity index (χ0n) is 16.2. The van der Waals surface area contributed by atoms with Crippen LogP contribution in [0.5, 0.6) is 0 Å². The first-order chi connectivity index (χ1) is 12.5. The van der Waals surface area contributed by atoms with Gasteiger partial charge in [0.1, 0.15) is 6.10 Å². The van der Waals surface area contributed by atoms with Crippen LogP contribution in [0.1, 0.15) is 17.4 Å². The van der Waals surface area contributed by atoms with Crippen molar-refractivity contribution in [3.8, 4) is 0 Å². The zero-order valence-corrected chi connectivity index (χ0v) is 16.2. The Bertz CT molecular complexity index is 763. The predicted molar refractivity (Wildman–Crippen MR) is 101 cm³/mol. The van der Waals surface area contributed by atoms with Crippen LogP contribution in [-0.2, 0) is 25.4 Å². The Morgan fingerprint density at radius 1 is 1.38 bits per heavy atom. The quantitative estimate of drug-likeness (QED) is 0.627. The van der Waals surface area contributed by atoms with Gasteiger partial charge in [0.05, 0.1) is 37.8 Å². The fourth-order valence-corrected chi connectivity index (χ4v) is 3.17. The molecule has 1 saturated heterocycles. The number of nitrogens with zero attached hydrogens (tertiary/aromatic N) is 7. The Hall–Kier alpha value is -2.55. The van der Waals surface area contributed by atoms with E-state index in [1.54, 1.807) is 4.68 Å². The number of anilines is 1. The highest BCUT2D eigenvalue weighted by Gasteiger charge is 2.25. The fourth-order valence-electron chi connectivity index (χ4n) is 3.17. The van der Waals surface area contributed by atoms with Crippen molar-refractivity contribution in [2.24, 2.45) is 19.1 Å². The van der Waals surface area contributed by atoms with E-state index in [0.29, 0.717) is 13.2 Å². The summed E-state index contributed by atoms with van der Waals surface area (Å²) < 4.78 is 9.80. The minimum atomic E-state index is 0.00745. The molecule has 2 aromatic rings.